The smallest absolute Gasteiger partial charge is 0.150 e. The van der Waals surface area contributed by atoms with E-state index in [4.69, 9.17) is 11.5 Å². The van der Waals surface area contributed by atoms with E-state index in [1.165, 1.54) is 12.5 Å². The summed E-state index contributed by atoms with van der Waals surface area (Å²) < 4.78 is 0. The summed E-state index contributed by atoms with van der Waals surface area (Å²) >= 11 is 0. The zero-order valence-corrected chi connectivity index (χ0v) is 6.94. The first kappa shape index (κ1) is 8.41. The lowest BCUT2D eigenvalue weighted by Gasteiger charge is -1.91. The number of rotatable bonds is 0. The molecule has 0 unspecified atom stereocenters. The Morgan fingerprint density at radius 1 is 1.33 bits per heavy atom. The van der Waals surface area contributed by atoms with Gasteiger partial charge in [-0.05, 0) is 0 Å². The summed E-state index contributed by atoms with van der Waals surface area (Å²) in [6.07, 6.45) is 2.81. The number of anilines is 2. The molecule has 0 aromatic carbocycles. The van der Waals surface area contributed by atoms with Crippen molar-refractivity contribution in [2.24, 2.45) is 0 Å². The van der Waals surface area contributed by atoms with Gasteiger partial charge in [0, 0.05) is 0 Å². The molecule has 0 saturated carbocycles. The molecule has 5 heteroatoms. The monoisotopic (exact) mass is 238 g/mol. The Balaban J connectivity index is 0.000000640. The van der Waals surface area contributed by atoms with Crippen molar-refractivity contribution in [1.29, 1.82) is 0 Å². The van der Waals surface area contributed by atoms with Crippen LogP contribution in [0.1, 0.15) is 0 Å². The molecule has 1 rings (SSSR count). The summed E-state index contributed by atoms with van der Waals surface area (Å²) in [6.45, 7) is 0. The fourth-order valence-corrected chi connectivity index (χ4v) is 0.350. The van der Waals surface area contributed by atoms with Crippen LogP contribution in [0.2, 0.25) is 0 Å². The predicted octanol–water partition coefficient (Wildman–Crippen LogP) is 0.259. The summed E-state index contributed by atoms with van der Waals surface area (Å²) in [7, 11) is 0. The Kier molecular flexibility index (Phi) is 3.21. The quantitative estimate of drug-likeness (QED) is 0.635. The third-order valence-electron chi connectivity index (χ3n) is 0.773. The first-order valence-electron chi connectivity index (χ1n) is 2.11. The van der Waals surface area contributed by atoms with Crippen LogP contribution in [-0.4, -0.2) is 9.97 Å². The van der Waals surface area contributed by atoms with Gasteiger partial charge in [0.15, 0.2) is 0 Å². The fraction of sp³-hybridized carbons (Fsp3) is 0. The molecular weight excluding hydrogens is 231 g/mol. The Labute approximate surface area is 69.7 Å². The van der Waals surface area contributed by atoms with Crippen LogP contribution in [0.5, 0.6) is 0 Å². The lowest BCUT2D eigenvalue weighted by Crippen LogP contribution is -1.97. The molecule has 4 N–H and O–H groups in total. The Morgan fingerprint density at radius 3 is 2.33 bits per heavy atom. The molecular formula is C4H7IN4. The second kappa shape index (κ2) is 3.44. The van der Waals surface area contributed by atoms with E-state index in [1.54, 1.807) is 0 Å². The van der Waals surface area contributed by atoms with Crippen molar-refractivity contribution in [1.82, 2.24) is 9.97 Å². The number of aromatic nitrogens is 2. The van der Waals surface area contributed by atoms with E-state index >= 15 is 0 Å². The molecule has 1 aromatic heterocycles. The number of halogens is 1. The topological polar surface area (TPSA) is 77.8 Å². The Bertz CT molecular complexity index is 169. The molecule has 0 bridgehead atoms. The van der Waals surface area contributed by atoms with Crippen molar-refractivity contribution in [3.63, 3.8) is 0 Å². The second-order valence-electron chi connectivity index (χ2n) is 1.36. The van der Waals surface area contributed by atoms with Crippen LogP contribution in [0.3, 0.4) is 0 Å². The Hall–Kier alpha value is -0.590. The largest absolute Gasteiger partial charge is 0.394 e. The van der Waals surface area contributed by atoms with Gasteiger partial charge >= 0.3 is 0 Å². The van der Waals surface area contributed by atoms with Gasteiger partial charge in [0.25, 0.3) is 0 Å². The summed E-state index contributed by atoms with van der Waals surface area (Å²) in [5.74, 6) is 0.333. The zero-order chi connectivity index (χ0) is 5.98. The van der Waals surface area contributed by atoms with Gasteiger partial charge in [-0.3, -0.25) is 0 Å². The molecule has 1 heterocycles. The van der Waals surface area contributed by atoms with Crippen molar-refractivity contribution in [2.75, 3.05) is 11.5 Å². The van der Waals surface area contributed by atoms with Crippen LogP contribution in [0.4, 0.5) is 11.5 Å². The highest BCUT2D eigenvalue weighted by Crippen LogP contribution is 2.03. The predicted molar refractivity (Wildman–Crippen MR) is 46.3 cm³/mol. The molecule has 0 spiro atoms. The highest BCUT2D eigenvalue weighted by Gasteiger charge is 1.88. The molecule has 0 aliphatic rings. The number of nitrogen functional groups attached to an aromatic ring is 2. The van der Waals surface area contributed by atoms with E-state index in [1.807, 2.05) is 0 Å². The average molecular weight is 238 g/mol. The SMILES string of the molecule is I.Nc1cncnc1N. The third kappa shape index (κ3) is 2.00. The van der Waals surface area contributed by atoms with Crippen molar-refractivity contribution in [3.05, 3.63) is 12.5 Å². The first-order valence-corrected chi connectivity index (χ1v) is 2.11. The highest BCUT2D eigenvalue weighted by molar-refractivity contribution is 14.0. The van der Waals surface area contributed by atoms with Crippen LogP contribution < -0.4 is 11.5 Å². The molecule has 9 heavy (non-hydrogen) atoms. The van der Waals surface area contributed by atoms with Gasteiger partial charge in [0.1, 0.15) is 12.1 Å². The summed E-state index contributed by atoms with van der Waals surface area (Å²) in [4.78, 5) is 7.25. The zero-order valence-electron chi connectivity index (χ0n) is 4.61. The average Bonchev–Trinajstić information content (AvgIpc) is 1.77. The van der Waals surface area contributed by atoms with Gasteiger partial charge in [-0.2, -0.15) is 0 Å². The van der Waals surface area contributed by atoms with Gasteiger partial charge in [0.2, 0.25) is 0 Å². The minimum atomic E-state index is 0. The molecule has 0 amide bonds. The molecule has 0 aliphatic carbocycles. The first-order chi connectivity index (χ1) is 3.80. The lowest BCUT2D eigenvalue weighted by atomic mass is 10.5. The van der Waals surface area contributed by atoms with Crippen molar-refractivity contribution < 1.29 is 0 Å². The summed E-state index contributed by atoms with van der Waals surface area (Å²) in [5.41, 5.74) is 10.9. The molecule has 4 nitrogen and oxygen atoms in total. The van der Waals surface area contributed by atoms with Gasteiger partial charge in [0.05, 0.1) is 11.9 Å². The number of hydrogen-bond acceptors (Lipinski definition) is 4. The molecule has 50 valence electrons. The van der Waals surface area contributed by atoms with E-state index in [9.17, 15) is 0 Å². The molecule has 0 atom stereocenters. The minimum Gasteiger partial charge on any atom is -0.394 e. The third-order valence-corrected chi connectivity index (χ3v) is 0.773. The number of nitrogens with two attached hydrogens (primary N) is 2. The van der Waals surface area contributed by atoms with E-state index in [2.05, 4.69) is 9.97 Å². The van der Waals surface area contributed by atoms with E-state index in [0.717, 1.165) is 0 Å². The van der Waals surface area contributed by atoms with Crippen molar-refractivity contribution in [2.45, 2.75) is 0 Å². The maximum absolute atomic E-state index is 5.27. The van der Waals surface area contributed by atoms with Gasteiger partial charge < -0.3 is 11.5 Å². The van der Waals surface area contributed by atoms with Crippen LogP contribution in [0, 0.1) is 0 Å². The highest BCUT2D eigenvalue weighted by atomic mass is 127. The van der Waals surface area contributed by atoms with Crippen LogP contribution in [0.25, 0.3) is 0 Å². The van der Waals surface area contributed by atoms with Crippen LogP contribution in [0.15, 0.2) is 12.5 Å². The van der Waals surface area contributed by atoms with Gasteiger partial charge in [-0.15, -0.1) is 24.0 Å². The molecule has 0 fully saturated rings. The fourth-order valence-electron chi connectivity index (χ4n) is 0.350. The van der Waals surface area contributed by atoms with Crippen molar-refractivity contribution >= 4 is 35.5 Å². The molecule has 1 aromatic rings. The van der Waals surface area contributed by atoms with Crippen LogP contribution in [-0.2, 0) is 0 Å². The lowest BCUT2D eigenvalue weighted by molar-refractivity contribution is 1.18. The van der Waals surface area contributed by atoms with Crippen molar-refractivity contribution in [3.8, 4) is 0 Å². The van der Waals surface area contributed by atoms with Gasteiger partial charge in [-0.1, -0.05) is 0 Å². The molecule has 0 radical (unpaired) electrons. The second-order valence-corrected chi connectivity index (χ2v) is 1.36. The van der Waals surface area contributed by atoms with E-state index in [-0.39, 0.29) is 24.0 Å². The summed E-state index contributed by atoms with van der Waals surface area (Å²) in [6, 6.07) is 0. The van der Waals surface area contributed by atoms with Gasteiger partial charge in [-0.25, -0.2) is 9.97 Å². The Morgan fingerprint density at radius 2 is 2.00 bits per heavy atom. The van der Waals surface area contributed by atoms with E-state index < -0.39 is 0 Å². The maximum Gasteiger partial charge on any atom is 0.150 e. The minimum absolute atomic E-state index is 0. The van der Waals surface area contributed by atoms with Crippen LogP contribution >= 0.6 is 24.0 Å². The molecule has 0 aliphatic heterocycles. The number of nitrogens with zero attached hydrogens (tertiary/aromatic N) is 2. The molecule has 0 saturated heterocycles. The summed E-state index contributed by atoms with van der Waals surface area (Å²) in [5, 5.41) is 0. The standard InChI is InChI=1S/C4H6N4.HI/c5-3-1-7-2-8-4(3)6;/h1-2H,5H2,(H2,6,7,8);1H. The maximum atomic E-state index is 5.27. The number of hydrogen-bond donors (Lipinski definition) is 2. The van der Waals surface area contributed by atoms with E-state index in [0.29, 0.717) is 11.5 Å². The normalized spacial score (nSPS) is 8.00.